The van der Waals surface area contributed by atoms with Crippen LogP contribution in [0.2, 0.25) is 10.0 Å². The molecule has 1 heterocycles. The van der Waals surface area contributed by atoms with E-state index in [9.17, 15) is 9.90 Å². The molecule has 0 unspecified atom stereocenters. The third kappa shape index (κ3) is 3.84. The zero-order chi connectivity index (χ0) is 17.8. The molecular weight excluding hydrogens is 363 g/mol. The Morgan fingerprint density at radius 1 is 1.08 bits per heavy atom. The lowest BCUT2D eigenvalue weighted by Gasteiger charge is -2.02. The van der Waals surface area contributed by atoms with E-state index in [0.29, 0.717) is 27.1 Å². The van der Waals surface area contributed by atoms with E-state index in [1.165, 1.54) is 18.3 Å². The van der Waals surface area contributed by atoms with E-state index in [-0.39, 0.29) is 11.3 Å². The molecule has 0 fully saturated rings. The lowest BCUT2D eigenvalue weighted by molar-refractivity contribution is 0.0952. The van der Waals surface area contributed by atoms with Crippen molar-refractivity contribution in [3.63, 3.8) is 0 Å². The Morgan fingerprint density at radius 2 is 1.88 bits per heavy atom. The number of amides is 1. The highest BCUT2D eigenvalue weighted by Gasteiger charge is 2.11. The number of halogens is 2. The molecule has 0 atom stereocenters. The standard InChI is InChI=1S/C18H12Cl2N2O3/c19-14-6-3-5-13(17(14)20)16-9-8-11(25-16)10-21-22-18(24)12-4-1-2-7-15(12)23/h1-10,23H,(H,22,24)/b21-10-. The lowest BCUT2D eigenvalue weighted by atomic mass is 10.2. The van der Waals surface area contributed by atoms with Crippen LogP contribution in [-0.4, -0.2) is 17.2 Å². The van der Waals surface area contributed by atoms with Gasteiger partial charge in [0.05, 0.1) is 21.8 Å². The van der Waals surface area contributed by atoms with Gasteiger partial charge in [0.1, 0.15) is 17.3 Å². The second-order valence-corrected chi connectivity index (χ2v) is 5.80. The first kappa shape index (κ1) is 17.1. The van der Waals surface area contributed by atoms with Crippen LogP contribution in [0.4, 0.5) is 0 Å². The molecule has 25 heavy (non-hydrogen) atoms. The summed E-state index contributed by atoms with van der Waals surface area (Å²) < 4.78 is 5.62. The van der Waals surface area contributed by atoms with Gasteiger partial charge in [-0.2, -0.15) is 5.10 Å². The fourth-order valence-electron chi connectivity index (χ4n) is 2.14. The van der Waals surface area contributed by atoms with Crippen LogP contribution < -0.4 is 5.43 Å². The van der Waals surface area contributed by atoms with Gasteiger partial charge in [-0.25, -0.2) is 5.43 Å². The van der Waals surface area contributed by atoms with Crippen LogP contribution in [0.15, 0.2) is 64.1 Å². The highest BCUT2D eigenvalue weighted by atomic mass is 35.5. The molecule has 0 radical (unpaired) electrons. The fraction of sp³-hybridized carbons (Fsp3) is 0. The van der Waals surface area contributed by atoms with Crippen LogP contribution in [0, 0.1) is 0 Å². The molecule has 1 amide bonds. The molecular formula is C18H12Cl2N2O3. The van der Waals surface area contributed by atoms with Crippen molar-refractivity contribution in [1.82, 2.24) is 5.43 Å². The van der Waals surface area contributed by atoms with Crippen LogP contribution in [0.5, 0.6) is 5.75 Å². The Labute approximate surface area is 153 Å². The summed E-state index contributed by atoms with van der Waals surface area (Å²) in [5.41, 5.74) is 3.11. The average Bonchev–Trinajstić information content (AvgIpc) is 3.06. The van der Waals surface area contributed by atoms with Crippen molar-refractivity contribution in [3.05, 3.63) is 76.0 Å². The van der Waals surface area contributed by atoms with Crippen molar-refractivity contribution in [1.29, 1.82) is 0 Å². The van der Waals surface area contributed by atoms with Gasteiger partial charge in [-0.05, 0) is 36.4 Å². The Kier molecular flexibility index (Phi) is 5.07. The van der Waals surface area contributed by atoms with Gasteiger partial charge in [-0.15, -0.1) is 0 Å². The SMILES string of the molecule is O=C(N/N=C\c1ccc(-c2cccc(Cl)c2Cl)o1)c1ccccc1O. The molecule has 0 saturated carbocycles. The smallest absolute Gasteiger partial charge is 0.275 e. The van der Waals surface area contributed by atoms with Crippen molar-refractivity contribution < 1.29 is 14.3 Å². The quantitative estimate of drug-likeness (QED) is 0.512. The summed E-state index contributed by atoms with van der Waals surface area (Å²) in [6.45, 7) is 0. The topological polar surface area (TPSA) is 74.8 Å². The molecule has 3 aromatic rings. The van der Waals surface area contributed by atoms with Gasteiger partial charge in [-0.1, -0.05) is 41.4 Å². The maximum atomic E-state index is 11.9. The number of phenolic OH excluding ortho intramolecular Hbond substituents is 1. The first-order chi connectivity index (χ1) is 12.1. The summed E-state index contributed by atoms with van der Waals surface area (Å²) >= 11 is 12.2. The first-order valence-electron chi connectivity index (χ1n) is 7.22. The molecule has 2 N–H and O–H groups in total. The van der Waals surface area contributed by atoms with Crippen molar-refractivity contribution in [2.45, 2.75) is 0 Å². The second-order valence-electron chi connectivity index (χ2n) is 5.02. The molecule has 0 aliphatic rings. The number of aromatic hydroxyl groups is 1. The number of hydrazone groups is 1. The van der Waals surface area contributed by atoms with Crippen LogP contribution in [0.1, 0.15) is 16.1 Å². The zero-order valence-corrected chi connectivity index (χ0v) is 14.3. The average molecular weight is 375 g/mol. The van der Waals surface area contributed by atoms with Gasteiger partial charge in [0.2, 0.25) is 0 Å². The highest BCUT2D eigenvalue weighted by Crippen LogP contribution is 2.34. The molecule has 0 bridgehead atoms. The third-order valence-electron chi connectivity index (χ3n) is 3.35. The van der Waals surface area contributed by atoms with Gasteiger partial charge in [0, 0.05) is 5.56 Å². The Morgan fingerprint density at radius 3 is 2.68 bits per heavy atom. The Hall–Kier alpha value is -2.76. The van der Waals surface area contributed by atoms with Gasteiger partial charge >= 0.3 is 0 Å². The van der Waals surface area contributed by atoms with Gasteiger partial charge in [0.25, 0.3) is 5.91 Å². The summed E-state index contributed by atoms with van der Waals surface area (Å²) in [7, 11) is 0. The maximum Gasteiger partial charge on any atom is 0.275 e. The normalized spacial score (nSPS) is 11.0. The summed E-state index contributed by atoms with van der Waals surface area (Å²) in [5, 5.41) is 14.3. The number of phenols is 1. The van der Waals surface area contributed by atoms with Crippen LogP contribution in [0.25, 0.3) is 11.3 Å². The second kappa shape index (κ2) is 7.42. The summed E-state index contributed by atoms with van der Waals surface area (Å²) in [6, 6.07) is 14.8. The third-order valence-corrected chi connectivity index (χ3v) is 4.17. The number of nitrogens with zero attached hydrogens (tertiary/aromatic N) is 1. The monoisotopic (exact) mass is 374 g/mol. The molecule has 0 aliphatic carbocycles. The predicted molar refractivity (Wildman–Crippen MR) is 97.3 cm³/mol. The van der Waals surface area contributed by atoms with E-state index in [1.807, 2.05) is 0 Å². The molecule has 1 aromatic heterocycles. The number of carbonyl (C=O) groups is 1. The van der Waals surface area contributed by atoms with E-state index in [4.69, 9.17) is 27.6 Å². The van der Waals surface area contributed by atoms with Crippen LogP contribution in [-0.2, 0) is 0 Å². The van der Waals surface area contributed by atoms with Crippen molar-refractivity contribution in [3.8, 4) is 17.1 Å². The minimum absolute atomic E-state index is 0.119. The van der Waals surface area contributed by atoms with E-state index < -0.39 is 5.91 Å². The number of hydrogen-bond acceptors (Lipinski definition) is 4. The number of carbonyl (C=O) groups excluding carboxylic acids is 1. The minimum atomic E-state index is -0.529. The number of benzene rings is 2. The van der Waals surface area contributed by atoms with Gasteiger partial charge < -0.3 is 9.52 Å². The number of para-hydroxylation sites is 1. The number of hydrogen-bond donors (Lipinski definition) is 2. The van der Waals surface area contributed by atoms with E-state index in [0.717, 1.165) is 0 Å². The van der Waals surface area contributed by atoms with Gasteiger partial charge in [0.15, 0.2) is 0 Å². The molecule has 126 valence electrons. The summed E-state index contributed by atoms with van der Waals surface area (Å²) in [5.74, 6) is 0.301. The summed E-state index contributed by atoms with van der Waals surface area (Å²) in [4.78, 5) is 11.9. The molecule has 3 rings (SSSR count). The Bertz CT molecular complexity index is 951. The van der Waals surface area contributed by atoms with Crippen LogP contribution >= 0.6 is 23.2 Å². The van der Waals surface area contributed by atoms with E-state index >= 15 is 0 Å². The van der Waals surface area contributed by atoms with Crippen molar-refractivity contribution in [2.24, 2.45) is 5.10 Å². The molecule has 0 saturated heterocycles. The molecule has 5 nitrogen and oxygen atoms in total. The van der Waals surface area contributed by atoms with E-state index in [1.54, 1.807) is 42.5 Å². The molecule has 2 aromatic carbocycles. The van der Waals surface area contributed by atoms with E-state index in [2.05, 4.69) is 10.5 Å². The van der Waals surface area contributed by atoms with Crippen molar-refractivity contribution >= 4 is 35.3 Å². The number of rotatable bonds is 4. The minimum Gasteiger partial charge on any atom is -0.507 e. The highest BCUT2D eigenvalue weighted by molar-refractivity contribution is 6.43. The fourth-order valence-corrected chi connectivity index (χ4v) is 2.54. The predicted octanol–water partition coefficient (Wildman–Crippen LogP) is 4.72. The number of furan rings is 1. The summed E-state index contributed by atoms with van der Waals surface area (Å²) in [6.07, 6.45) is 1.35. The van der Waals surface area contributed by atoms with Crippen LogP contribution in [0.3, 0.4) is 0 Å². The zero-order valence-electron chi connectivity index (χ0n) is 12.7. The molecule has 0 aliphatic heterocycles. The van der Waals surface area contributed by atoms with Gasteiger partial charge in [-0.3, -0.25) is 4.79 Å². The first-order valence-corrected chi connectivity index (χ1v) is 7.97. The Balaban J connectivity index is 1.71. The lowest BCUT2D eigenvalue weighted by Crippen LogP contribution is -2.17. The maximum absolute atomic E-state index is 11.9. The molecule has 0 spiro atoms. The largest absolute Gasteiger partial charge is 0.507 e. The number of nitrogens with one attached hydrogen (secondary N) is 1. The van der Waals surface area contributed by atoms with Crippen molar-refractivity contribution in [2.75, 3.05) is 0 Å². The molecule has 7 heteroatoms.